The van der Waals surface area contributed by atoms with Gasteiger partial charge in [0, 0.05) is 31.9 Å². The molecule has 1 aromatic heterocycles. The molecule has 0 spiro atoms. The zero-order valence-corrected chi connectivity index (χ0v) is 11.3. The quantitative estimate of drug-likeness (QED) is 0.599. The summed E-state index contributed by atoms with van der Waals surface area (Å²) in [6, 6.07) is 3.37. The van der Waals surface area contributed by atoms with Gasteiger partial charge in [-0.05, 0) is 38.1 Å². The molecule has 6 nitrogen and oxygen atoms in total. The molecular weight excluding hydrogens is 242 g/mol. The van der Waals surface area contributed by atoms with Crippen LogP contribution in [0.1, 0.15) is 23.2 Å². The molecule has 0 saturated carbocycles. The molecular formula is C13H21N5O. The molecule has 19 heavy (non-hydrogen) atoms. The lowest BCUT2D eigenvalue weighted by Crippen LogP contribution is -2.35. The highest BCUT2D eigenvalue weighted by Gasteiger charge is 2.15. The van der Waals surface area contributed by atoms with Gasteiger partial charge in [-0.1, -0.05) is 0 Å². The van der Waals surface area contributed by atoms with Crippen LogP contribution in [0.4, 0.5) is 5.82 Å². The Morgan fingerprint density at radius 3 is 2.95 bits per heavy atom. The molecule has 0 atom stereocenters. The minimum Gasteiger partial charge on any atom is -0.340 e. The van der Waals surface area contributed by atoms with Gasteiger partial charge in [0.2, 0.25) is 0 Å². The summed E-state index contributed by atoms with van der Waals surface area (Å²) in [7, 11) is 1.83. The zero-order valence-electron chi connectivity index (χ0n) is 11.3. The summed E-state index contributed by atoms with van der Waals surface area (Å²) in [5.41, 5.74) is 3.05. The first-order valence-electron chi connectivity index (χ1n) is 6.61. The lowest BCUT2D eigenvalue weighted by molar-refractivity contribution is 0.0782. The summed E-state index contributed by atoms with van der Waals surface area (Å²) < 4.78 is 0. The Balaban J connectivity index is 1.90. The average Bonchev–Trinajstić information content (AvgIpc) is 2.97. The van der Waals surface area contributed by atoms with Gasteiger partial charge in [0.05, 0.1) is 0 Å². The van der Waals surface area contributed by atoms with Crippen molar-refractivity contribution in [1.82, 2.24) is 14.8 Å². The number of carbonyl (C=O) groups excluding carboxylic acids is 1. The second-order valence-electron chi connectivity index (χ2n) is 4.85. The number of nitrogens with one attached hydrogen (secondary N) is 1. The molecule has 1 amide bonds. The number of likely N-dealkylation sites (tertiary alicyclic amines) is 1. The molecule has 0 radical (unpaired) electrons. The van der Waals surface area contributed by atoms with E-state index in [-0.39, 0.29) is 5.91 Å². The lowest BCUT2D eigenvalue weighted by Gasteiger charge is -2.21. The predicted molar refractivity (Wildman–Crippen MR) is 74.7 cm³/mol. The van der Waals surface area contributed by atoms with E-state index in [9.17, 15) is 4.79 Å². The van der Waals surface area contributed by atoms with E-state index in [0.29, 0.717) is 11.4 Å². The number of hydrogen-bond donors (Lipinski definition) is 2. The monoisotopic (exact) mass is 263 g/mol. The molecule has 1 aliphatic heterocycles. The summed E-state index contributed by atoms with van der Waals surface area (Å²) in [5, 5.41) is 0. The first-order valence-corrected chi connectivity index (χ1v) is 6.61. The largest absolute Gasteiger partial charge is 0.340 e. The van der Waals surface area contributed by atoms with Crippen molar-refractivity contribution in [3.8, 4) is 0 Å². The number of hydrazine groups is 1. The van der Waals surface area contributed by atoms with E-state index in [0.717, 1.165) is 26.2 Å². The maximum absolute atomic E-state index is 12.2. The molecule has 2 heterocycles. The number of hydrogen-bond acceptors (Lipinski definition) is 5. The van der Waals surface area contributed by atoms with E-state index in [4.69, 9.17) is 5.84 Å². The fourth-order valence-electron chi connectivity index (χ4n) is 2.26. The van der Waals surface area contributed by atoms with E-state index in [2.05, 4.69) is 15.3 Å². The van der Waals surface area contributed by atoms with E-state index in [1.165, 1.54) is 12.8 Å². The van der Waals surface area contributed by atoms with Gasteiger partial charge < -0.3 is 15.2 Å². The van der Waals surface area contributed by atoms with Crippen molar-refractivity contribution in [2.24, 2.45) is 5.84 Å². The Morgan fingerprint density at radius 2 is 2.26 bits per heavy atom. The summed E-state index contributed by atoms with van der Waals surface area (Å²) in [6.07, 6.45) is 4.12. The second kappa shape index (κ2) is 6.49. The van der Waals surface area contributed by atoms with Crippen LogP contribution in [-0.2, 0) is 0 Å². The van der Waals surface area contributed by atoms with Gasteiger partial charge in [-0.25, -0.2) is 10.8 Å². The SMILES string of the molecule is CN(CCN1CCCC1)C(=O)c1ccnc(NN)c1. The van der Waals surface area contributed by atoms with Gasteiger partial charge >= 0.3 is 0 Å². The van der Waals surface area contributed by atoms with Crippen LogP contribution >= 0.6 is 0 Å². The Kier molecular flexibility index (Phi) is 4.70. The third-order valence-electron chi connectivity index (χ3n) is 3.45. The Bertz CT molecular complexity index is 431. The van der Waals surface area contributed by atoms with Crippen LogP contribution in [0.15, 0.2) is 18.3 Å². The van der Waals surface area contributed by atoms with Crippen molar-refractivity contribution < 1.29 is 4.79 Å². The highest BCUT2D eigenvalue weighted by Crippen LogP contribution is 2.09. The molecule has 0 unspecified atom stereocenters. The third kappa shape index (κ3) is 3.65. The molecule has 3 N–H and O–H groups in total. The van der Waals surface area contributed by atoms with E-state index in [1.54, 1.807) is 23.2 Å². The van der Waals surface area contributed by atoms with Gasteiger partial charge in [0.1, 0.15) is 5.82 Å². The maximum atomic E-state index is 12.2. The van der Waals surface area contributed by atoms with Crippen LogP contribution in [0, 0.1) is 0 Å². The smallest absolute Gasteiger partial charge is 0.253 e. The van der Waals surface area contributed by atoms with Crippen molar-refractivity contribution in [3.05, 3.63) is 23.9 Å². The Morgan fingerprint density at radius 1 is 1.53 bits per heavy atom. The molecule has 1 aromatic rings. The molecule has 2 rings (SSSR count). The topological polar surface area (TPSA) is 74.5 Å². The van der Waals surface area contributed by atoms with Crippen molar-refractivity contribution in [2.45, 2.75) is 12.8 Å². The fraction of sp³-hybridized carbons (Fsp3) is 0.538. The molecule has 6 heteroatoms. The number of carbonyl (C=O) groups is 1. The minimum absolute atomic E-state index is 0.00176. The molecule has 0 aromatic carbocycles. The van der Waals surface area contributed by atoms with Crippen molar-refractivity contribution in [1.29, 1.82) is 0 Å². The first kappa shape index (κ1) is 13.8. The number of aromatic nitrogens is 1. The maximum Gasteiger partial charge on any atom is 0.253 e. The fourth-order valence-corrected chi connectivity index (χ4v) is 2.26. The number of rotatable bonds is 5. The van der Waals surface area contributed by atoms with Gasteiger partial charge in [0.15, 0.2) is 0 Å². The highest BCUT2D eigenvalue weighted by atomic mass is 16.2. The van der Waals surface area contributed by atoms with Crippen LogP contribution in [-0.4, -0.2) is 53.9 Å². The summed E-state index contributed by atoms with van der Waals surface area (Å²) in [5.74, 6) is 5.79. The number of nitrogen functional groups attached to an aromatic ring is 1. The number of nitrogens with zero attached hydrogens (tertiary/aromatic N) is 3. The van der Waals surface area contributed by atoms with Gasteiger partial charge in [-0.3, -0.25) is 4.79 Å². The van der Waals surface area contributed by atoms with E-state index < -0.39 is 0 Å². The van der Waals surface area contributed by atoms with Crippen LogP contribution in [0.3, 0.4) is 0 Å². The summed E-state index contributed by atoms with van der Waals surface area (Å²) >= 11 is 0. The van der Waals surface area contributed by atoms with Crippen molar-refractivity contribution in [3.63, 3.8) is 0 Å². The number of amides is 1. The van der Waals surface area contributed by atoms with Crippen LogP contribution < -0.4 is 11.3 Å². The van der Waals surface area contributed by atoms with Gasteiger partial charge in [-0.15, -0.1) is 0 Å². The molecule has 0 bridgehead atoms. The number of anilines is 1. The zero-order chi connectivity index (χ0) is 13.7. The third-order valence-corrected chi connectivity index (χ3v) is 3.45. The Hall–Kier alpha value is -1.66. The molecule has 104 valence electrons. The Labute approximate surface area is 113 Å². The minimum atomic E-state index is -0.00176. The summed E-state index contributed by atoms with van der Waals surface area (Å²) in [4.78, 5) is 20.4. The van der Waals surface area contributed by atoms with Crippen molar-refractivity contribution >= 4 is 11.7 Å². The number of pyridine rings is 1. The van der Waals surface area contributed by atoms with Crippen LogP contribution in [0.5, 0.6) is 0 Å². The highest BCUT2D eigenvalue weighted by molar-refractivity contribution is 5.94. The van der Waals surface area contributed by atoms with Crippen LogP contribution in [0.2, 0.25) is 0 Å². The van der Waals surface area contributed by atoms with Crippen molar-refractivity contribution in [2.75, 3.05) is 38.7 Å². The molecule has 0 aliphatic carbocycles. The molecule has 1 aliphatic rings. The normalized spacial score (nSPS) is 15.5. The van der Waals surface area contributed by atoms with Gasteiger partial charge in [-0.2, -0.15) is 0 Å². The summed E-state index contributed by atoms with van der Waals surface area (Å²) in [6.45, 7) is 3.99. The number of likely N-dealkylation sites (N-methyl/N-ethyl adjacent to an activating group) is 1. The lowest BCUT2D eigenvalue weighted by atomic mass is 10.2. The predicted octanol–water partition coefficient (Wildman–Crippen LogP) is 0.535. The van der Waals surface area contributed by atoms with Gasteiger partial charge in [0.25, 0.3) is 5.91 Å². The number of nitrogens with two attached hydrogens (primary N) is 1. The van der Waals surface area contributed by atoms with Crippen LogP contribution in [0.25, 0.3) is 0 Å². The first-order chi connectivity index (χ1) is 9.20. The molecule has 1 fully saturated rings. The van der Waals surface area contributed by atoms with E-state index in [1.807, 2.05) is 7.05 Å². The van der Waals surface area contributed by atoms with E-state index >= 15 is 0 Å². The molecule has 1 saturated heterocycles. The standard InChI is InChI=1S/C13H21N5O/c1-17(8-9-18-6-2-3-7-18)13(19)11-4-5-15-12(10-11)16-14/h4-5,10H,2-3,6-9,14H2,1H3,(H,15,16). The average molecular weight is 263 g/mol. The second-order valence-corrected chi connectivity index (χ2v) is 4.85.